The first-order valence-corrected chi connectivity index (χ1v) is 7.93. The van der Waals surface area contributed by atoms with Crippen LogP contribution < -0.4 is 0 Å². The highest BCUT2D eigenvalue weighted by molar-refractivity contribution is 5.85. The maximum Gasteiger partial charge on any atom is 0.316 e. The lowest BCUT2D eigenvalue weighted by Crippen LogP contribution is -2.40. The van der Waals surface area contributed by atoms with Gasteiger partial charge in [-0.1, -0.05) is 30.3 Å². The lowest BCUT2D eigenvalue weighted by molar-refractivity contribution is -0.143. The van der Waals surface area contributed by atoms with Crippen LogP contribution >= 0.6 is 0 Å². The zero-order valence-corrected chi connectivity index (χ0v) is 13.3. The summed E-state index contributed by atoms with van der Waals surface area (Å²) in [5.41, 5.74) is 0.503. The Morgan fingerprint density at radius 2 is 2.00 bits per heavy atom. The monoisotopic (exact) mass is 325 g/mol. The molecule has 3 rings (SSSR count). The topological polar surface area (TPSA) is 83.4 Å². The Balaban J connectivity index is 1.69. The zero-order chi connectivity index (χ0) is 17.0. The molecule has 0 spiro atoms. The Kier molecular flexibility index (Phi) is 4.55. The first-order valence-electron chi connectivity index (χ1n) is 7.93. The highest BCUT2D eigenvalue weighted by atomic mass is 16.4. The number of carbonyl (C=O) groups is 2. The molecule has 0 aliphatic carbocycles. The number of carboxylic acid groups (broad SMARTS) is 1. The summed E-state index contributed by atoms with van der Waals surface area (Å²) in [6.07, 6.45) is 6.08. The first kappa shape index (κ1) is 16.1. The van der Waals surface area contributed by atoms with Gasteiger partial charge < -0.3 is 10.0 Å². The molecule has 6 nitrogen and oxygen atoms in total. The summed E-state index contributed by atoms with van der Waals surface area (Å²) in [7, 11) is 0. The lowest BCUT2D eigenvalue weighted by Gasteiger charge is -2.25. The lowest BCUT2D eigenvalue weighted by atomic mass is 9.80. The van der Waals surface area contributed by atoms with Gasteiger partial charge in [0.05, 0.1) is 5.69 Å². The third-order valence-electron chi connectivity index (χ3n) is 4.57. The van der Waals surface area contributed by atoms with Crippen molar-refractivity contribution < 1.29 is 14.7 Å². The van der Waals surface area contributed by atoms with Crippen LogP contribution in [0.25, 0.3) is 0 Å². The maximum atomic E-state index is 12.4. The van der Waals surface area contributed by atoms with E-state index in [-0.39, 0.29) is 12.5 Å². The Bertz CT molecular complexity index is 721. The molecule has 1 N–H and O–H groups in total. The van der Waals surface area contributed by atoms with Crippen LogP contribution in [0.15, 0.2) is 48.9 Å². The Morgan fingerprint density at radius 1 is 1.21 bits per heavy atom. The van der Waals surface area contributed by atoms with Gasteiger partial charge in [-0.2, -0.15) is 0 Å². The number of aryl methyl sites for hydroxylation is 1. The van der Waals surface area contributed by atoms with Crippen LogP contribution in [0.3, 0.4) is 0 Å². The molecular weight excluding hydrogens is 306 g/mol. The highest BCUT2D eigenvalue weighted by Gasteiger charge is 2.47. The van der Waals surface area contributed by atoms with E-state index in [9.17, 15) is 14.7 Å². The third-order valence-corrected chi connectivity index (χ3v) is 4.57. The minimum absolute atomic E-state index is 0.0419. The van der Waals surface area contributed by atoms with Crippen LogP contribution in [0.1, 0.15) is 24.1 Å². The highest BCUT2D eigenvalue weighted by Crippen LogP contribution is 2.35. The van der Waals surface area contributed by atoms with Crippen molar-refractivity contribution in [3.63, 3.8) is 0 Å². The van der Waals surface area contributed by atoms with Crippen LogP contribution in [0, 0.1) is 0 Å². The van der Waals surface area contributed by atoms with E-state index in [0.29, 0.717) is 25.8 Å². The molecule has 2 aromatic rings. The van der Waals surface area contributed by atoms with Crippen LogP contribution in [-0.4, -0.2) is 44.9 Å². The van der Waals surface area contributed by atoms with Gasteiger partial charge in [0.25, 0.3) is 0 Å². The van der Waals surface area contributed by atoms with Crippen LogP contribution in [0.4, 0.5) is 0 Å². The van der Waals surface area contributed by atoms with E-state index in [1.54, 1.807) is 23.5 Å². The standard InChI is InChI=1S/C18H19N3O3/c22-16(7-6-15-12-19-9-10-20-15)21-11-8-18(13-21,17(23)24)14-4-2-1-3-5-14/h1-5,9-10,12H,6-8,11,13H2,(H,23,24)/t18-/m1/s1. The van der Waals surface area contributed by atoms with Crippen molar-refractivity contribution >= 4 is 11.9 Å². The fourth-order valence-electron chi connectivity index (χ4n) is 3.17. The van der Waals surface area contributed by atoms with Crippen molar-refractivity contribution in [1.29, 1.82) is 0 Å². The van der Waals surface area contributed by atoms with Crippen LogP contribution in [0.2, 0.25) is 0 Å². The van der Waals surface area contributed by atoms with E-state index in [1.165, 1.54) is 0 Å². The van der Waals surface area contributed by atoms with E-state index in [0.717, 1.165) is 11.3 Å². The van der Waals surface area contributed by atoms with Gasteiger partial charge in [0.2, 0.25) is 5.91 Å². The molecule has 0 bridgehead atoms. The van der Waals surface area contributed by atoms with Gasteiger partial charge in [-0.15, -0.1) is 0 Å². The van der Waals surface area contributed by atoms with Gasteiger partial charge >= 0.3 is 5.97 Å². The maximum absolute atomic E-state index is 12.4. The molecule has 6 heteroatoms. The largest absolute Gasteiger partial charge is 0.481 e. The Hall–Kier alpha value is -2.76. The van der Waals surface area contributed by atoms with Crippen molar-refractivity contribution in [1.82, 2.24) is 14.9 Å². The van der Waals surface area contributed by atoms with E-state index >= 15 is 0 Å². The van der Waals surface area contributed by atoms with E-state index < -0.39 is 11.4 Å². The molecule has 1 aromatic heterocycles. The molecule has 0 radical (unpaired) electrons. The van der Waals surface area contributed by atoms with Gasteiger partial charge in [-0.25, -0.2) is 0 Å². The van der Waals surface area contributed by atoms with E-state index in [2.05, 4.69) is 9.97 Å². The number of carbonyl (C=O) groups excluding carboxylic acids is 1. The van der Waals surface area contributed by atoms with Crippen molar-refractivity contribution in [2.24, 2.45) is 0 Å². The normalized spacial score (nSPS) is 20.1. The SMILES string of the molecule is O=C(CCc1cnccn1)N1CC[C@](C(=O)O)(c2ccccc2)C1. The number of aliphatic carboxylic acids is 1. The average Bonchev–Trinajstić information content (AvgIpc) is 3.08. The molecule has 1 fully saturated rings. The molecule has 1 saturated heterocycles. The summed E-state index contributed by atoms with van der Waals surface area (Å²) < 4.78 is 0. The van der Waals surface area contributed by atoms with E-state index in [1.807, 2.05) is 30.3 Å². The van der Waals surface area contributed by atoms with Gasteiger partial charge in [-0.05, 0) is 18.4 Å². The predicted molar refractivity (Wildman–Crippen MR) is 87.3 cm³/mol. The molecule has 1 aliphatic heterocycles. The molecule has 0 saturated carbocycles. The van der Waals surface area contributed by atoms with Crippen molar-refractivity contribution in [3.05, 3.63) is 60.2 Å². The van der Waals surface area contributed by atoms with Crippen LogP contribution in [0.5, 0.6) is 0 Å². The average molecular weight is 325 g/mol. The number of amides is 1. The second-order valence-corrected chi connectivity index (χ2v) is 6.02. The summed E-state index contributed by atoms with van der Waals surface area (Å²) in [6.45, 7) is 0.673. The molecule has 1 aromatic carbocycles. The molecule has 24 heavy (non-hydrogen) atoms. The second-order valence-electron chi connectivity index (χ2n) is 6.02. The minimum Gasteiger partial charge on any atom is -0.481 e. The Morgan fingerprint density at radius 3 is 2.67 bits per heavy atom. The number of hydrogen-bond acceptors (Lipinski definition) is 4. The van der Waals surface area contributed by atoms with Crippen molar-refractivity contribution in [3.8, 4) is 0 Å². The van der Waals surface area contributed by atoms with Gasteiger partial charge in [0, 0.05) is 38.1 Å². The molecular formula is C18H19N3O3. The third kappa shape index (κ3) is 3.13. The minimum atomic E-state index is -1.01. The van der Waals surface area contributed by atoms with E-state index in [4.69, 9.17) is 0 Å². The number of nitrogens with zero attached hydrogens (tertiary/aromatic N) is 3. The molecule has 0 unspecified atom stereocenters. The number of benzene rings is 1. The summed E-state index contributed by atoms with van der Waals surface area (Å²) >= 11 is 0. The van der Waals surface area contributed by atoms with Crippen molar-refractivity contribution in [2.45, 2.75) is 24.7 Å². The molecule has 2 heterocycles. The van der Waals surface area contributed by atoms with Crippen LogP contribution in [-0.2, 0) is 21.4 Å². The Labute approximate surface area is 140 Å². The number of hydrogen-bond donors (Lipinski definition) is 1. The fraction of sp³-hybridized carbons (Fsp3) is 0.333. The summed E-state index contributed by atoms with van der Waals surface area (Å²) in [6, 6.07) is 9.16. The zero-order valence-electron chi connectivity index (χ0n) is 13.3. The van der Waals surface area contributed by atoms with Gasteiger partial charge in [0.1, 0.15) is 5.41 Å². The van der Waals surface area contributed by atoms with Crippen molar-refractivity contribution in [2.75, 3.05) is 13.1 Å². The predicted octanol–water partition coefficient (Wildman–Crippen LogP) is 1.66. The first-order chi connectivity index (χ1) is 11.6. The number of rotatable bonds is 5. The molecule has 1 amide bonds. The number of likely N-dealkylation sites (tertiary alicyclic amines) is 1. The summed E-state index contributed by atoms with van der Waals surface area (Å²) in [5, 5.41) is 9.77. The van der Waals surface area contributed by atoms with Gasteiger partial charge in [0.15, 0.2) is 0 Å². The smallest absolute Gasteiger partial charge is 0.316 e. The number of aromatic nitrogens is 2. The quantitative estimate of drug-likeness (QED) is 0.904. The fourth-order valence-corrected chi connectivity index (χ4v) is 3.17. The number of carboxylic acids is 1. The molecule has 124 valence electrons. The second kappa shape index (κ2) is 6.78. The molecule has 1 atom stereocenters. The molecule has 1 aliphatic rings. The van der Waals surface area contributed by atoms with Gasteiger partial charge in [-0.3, -0.25) is 19.6 Å². The summed E-state index contributed by atoms with van der Waals surface area (Å²) in [4.78, 5) is 34.1. The summed E-state index contributed by atoms with van der Waals surface area (Å²) in [5.74, 6) is -0.919.